The summed E-state index contributed by atoms with van der Waals surface area (Å²) >= 11 is 4.29. The van der Waals surface area contributed by atoms with E-state index >= 15 is 0 Å². The van der Waals surface area contributed by atoms with E-state index in [0.717, 1.165) is 0 Å². The molecule has 1 saturated heterocycles. The SMILES string of the molecule is CC(=O)OCC1O[C@@H](S)C(OC(C)=O)[C@@H](C)[C@@H]1C. The number of carbonyl (C=O) groups is 2. The van der Waals surface area contributed by atoms with E-state index in [9.17, 15) is 9.59 Å². The van der Waals surface area contributed by atoms with Crippen LogP contribution < -0.4 is 0 Å². The first-order valence-corrected chi connectivity index (χ1v) is 6.48. The zero-order valence-corrected chi connectivity index (χ0v) is 12.0. The molecule has 0 aliphatic carbocycles. The molecule has 1 fully saturated rings. The van der Waals surface area contributed by atoms with Gasteiger partial charge < -0.3 is 14.2 Å². The summed E-state index contributed by atoms with van der Waals surface area (Å²) in [6.07, 6.45) is -0.604. The Kier molecular flexibility index (Phi) is 5.47. The standard InChI is InChI=1S/C12H20O5S/c1-6-7(2)11(16-9(4)14)12(18)17-10(6)5-15-8(3)13/h6-7,10-12,18H,5H2,1-4H3/t6-,7-,10?,11?,12-/m0/s1. The van der Waals surface area contributed by atoms with Crippen LogP contribution in [0.2, 0.25) is 0 Å². The Hall–Kier alpha value is -0.750. The van der Waals surface area contributed by atoms with Crippen molar-refractivity contribution in [3.63, 3.8) is 0 Å². The van der Waals surface area contributed by atoms with E-state index < -0.39 is 5.44 Å². The predicted molar refractivity (Wildman–Crippen MR) is 68.2 cm³/mol. The zero-order valence-electron chi connectivity index (χ0n) is 11.1. The molecule has 0 bridgehead atoms. The second-order valence-corrected chi connectivity index (χ2v) is 5.17. The first-order chi connectivity index (χ1) is 8.32. The first-order valence-electron chi connectivity index (χ1n) is 5.97. The van der Waals surface area contributed by atoms with Crippen LogP contribution in [0, 0.1) is 11.8 Å². The van der Waals surface area contributed by atoms with Crippen molar-refractivity contribution in [2.75, 3.05) is 6.61 Å². The molecule has 1 rings (SSSR count). The molecule has 0 spiro atoms. The highest BCUT2D eigenvalue weighted by molar-refractivity contribution is 7.80. The van der Waals surface area contributed by atoms with E-state index in [-0.39, 0.29) is 42.6 Å². The Labute approximate surface area is 113 Å². The number of rotatable bonds is 3. The van der Waals surface area contributed by atoms with Gasteiger partial charge in [0.05, 0.1) is 6.10 Å². The number of hydrogen-bond donors (Lipinski definition) is 1. The van der Waals surface area contributed by atoms with Gasteiger partial charge in [-0.15, -0.1) is 12.6 Å². The molecule has 2 unspecified atom stereocenters. The Morgan fingerprint density at radius 1 is 1.17 bits per heavy atom. The summed E-state index contributed by atoms with van der Waals surface area (Å²) in [5, 5.41) is 0. The van der Waals surface area contributed by atoms with Crippen LogP contribution in [-0.2, 0) is 23.8 Å². The van der Waals surface area contributed by atoms with Gasteiger partial charge >= 0.3 is 11.9 Å². The van der Waals surface area contributed by atoms with E-state index in [2.05, 4.69) is 12.6 Å². The molecule has 18 heavy (non-hydrogen) atoms. The Morgan fingerprint density at radius 3 is 2.28 bits per heavy atom. The largest absolute Gasteiger partial charge is 0.463 e. The molecule has 0 amide bonds. The molecule has 0 aromatic carbocycles. The summed E-state index contributed by atoms with van der Waals surface area (Å²) in [6, 6.07) is 0. The van der Waals surface area contributed by atoms with Crippen molar-refractivity contribution in [1.29, 1.82) is 0 Å². The maximum absolute atomic E-state index is 11.0. The van der Waals surface area contributed by atoms with Gasteiger partial charge in [-0.2, -0.15) is 0 Å². The van der Waals surface area contributed by atoms with E-state index in [1.165, 1.54) is 13.8 Å². The molecule has 0 N–H and O–H groups in total. The number of thiol groups is 1. The molecule has 0 aromatic rings. The second-order valence-electron chi connectivity index (χ2n) is 4.66. The van der Waals surface area contributed by atoms with Crippen molar-refractivity contribution in [2.24, 2.45) is 11.8 Å². The van der Waals surface area contributed by atoms with E-state index in [0.29, 0.717) is 0 Å². The predicted octanol–water partition coefficient (Wildman–Crippen LogP) is 1.41. The quantitative estimate of drug-likeness (QED) is 0.624. The average Bonchev–Trinajstić information content (AvgIpc) is 2.27. The van der Waals surface area contributed by atoms with Gasteiger partial charge in [-0.05, 0) is 5.92 Å². The fourth-order valence-corrected chi connectivity index (χ4v) is 2.51. The van der Waals surface area contributed by atoms with Gasteiger partial charge in [0.1, 0.15) is 18.1 Å². The lowest BCUT2D eigenvalue weighted by molar-refractivity contribution is -0.184. The van der Waals surface area contributed by atoms with Gasteiger partial charge in [-0.3, -0.25) is 9.59 Å². The lowest BCUT2D eigenvalue weighted by Crippen LogP contribution is -2.50. The van der Waals surface area contributed by atoms with Gasteiger partial charge in [0.15, 0.2) is 0 Å². The van der Waals surface area contributed by atoms with E-state index in [4.69, 9.17) is 14.2 Å². The normalized spacial score (nSPS) is 35.9. The first kappa shape index (κ1) is 15.3. The van der Waals surface area contributed by atoms with Crippen LogP contribution in [0.3, 0.4) is 0 Å². The van der Waals surface area contributed by atoms with Crippen LogP contribution >= 0.6 is 12.6 Å². The van der Waals surface area contributed by atoms with E-state index in [1.807, 2.05) is 13.8 Å². The molecular weight excluding hydrogens is 256 g/mol. The minimum absolute atomic E-state index is 0.0886. The van der Waals surface area contributed by atoms with Crippen LogP contribution in [0.5, 0.6) is 0 Å². The Morgan fingerprint density at radius 2 is 1.78 bits per heavy atom. The molecule has 0 saturated carbocycles. The molecule has 0 radical (unpaired) electrons. The Balaban J connectivity index is 2.64. The van der Waals surface area contributed by atoms with Crippen molar-refractivity contribution in [3.8, 4) is 0 Å². The monoisotopic (exact) mass is 276 g/mol. The molecule has 6 heteroatoms. The molecule has 1 aliphatic rings. The summed E-state index contributed by atoms with van der Waals surface area (Å²) in [7, 11) is 0. The van der Waals surface area contributed by atoms with Crippen LogP contribution in [0.1, 0.15) is 27.7 Å². The van der Waals surface area contributed by atoms with Crippen LogP contribution in [0.4, 0.5) is 0 Å². The highest BCUT2D eigenvalue weighted by Crippen LogP contribution is 2.34. The van der Waals surface area contributed by atoms with Gasteiger partial charge in [-0.25, -0.2) is 0 Å². The third kappa shape index (κ3) is 3.88. The maximum Gasteiger partial charge on any atom is 0.303 e. The smallest absolute Gasteiger partial charge is 0.303 e. The summed E-state index contributed by atoms with van der Waals surface area (Å²) in [5.74, 6) is -0.487. The summed E-state index contributed by atoms with van der Waals surface area (Å²) in [4.78, 5) is 21.8. The van der Waals surface area contributed by atoms with Crippen LogP contribution in [0.15, 0.2) is 0 Å². The van der Waals surface area contributed by atoms with Gasteiger partial charge in [-0.1, -0.05) is 13.8 Å². The van der Waals surface area contributed by atoms with Crippen LogP contribution in [-0.4, -0.2) is 36.2 Å². The van der Waals surface area contributed by atoms with Crippen molar-refractivity contribution in [3.05, 3.63) is 0 Å². The lowest BCUT2D eigenvalue weighted by atomic mass is 9.84. The lowest BCUT2D eigenvalue weighted by Gasteiger charge is -2.42. The maximum atomic E-state index is 11.0. The highest BCUT2D eigenvalue weighted by atomic mass is 32.1. The summed E-state index contributed by atoms with van der Waals surface area (Å²) < 4.78 is 15.8. The summed E-state index contributed by atoms with van der Waals surface area (Å²) in [5.41, 5.74) is -0.499. The van der Waals surface area contributed by atoms with Gasteiger partial charge in [0, 0.05) is 19.8 Å². The average molecular weight is 276 g/mol. The van der Waals surface area contributed by atoms with Gasteiger partial charge in [0.25, 0.3) is 0 Å². The van der Waals surface area contributed by atoms with Crippen LogP contribution in [0.25, 0.3) is 0 Å². The number of hydrogen-bond acceptors (Lipinski definition) is 6. The molecule has 5 nitrogen and oxygen atoms in total. The number of esters is 2. The van der Waals surface area contributed by atoms with Crippen molar-refractivity contribution < 1.29 is 23.8 Å². The molecule has 104 valence electrons. The molecular formula is C12H20O5S. The summed E-state index contributed by atoms with van der Waals surface area (Å²) in [6.45, 7) is 6.88. The fourth-order valence-electron chi connectivity index (χ4n) is 2.03. The minimum atomic E-state index is -0.499. The number of ether oxygens (including phenoxy) is 3. The molecule has 5 atom stereocenters. The van der Waals surface area contributed by atoms with E-state index in [1.54, 1.807) is 0 Å². The highest BCUT2D eigenvalue weighted by Gasteiger charge is 2.42. The molecule has 0 aromatic heterocycles. The minimum Gasteiger partial charge on any atom is -0.463 e. The van der Waals surface area contributed by atoms with Crippen molar-refractivity contribution in [1.82, 2.24) is 0 Å². The topological polar surface area (TPSA) is 61.8 Å². The van der Waals surface area contributed by atoms with Crippen molar-refractivity contribution in [2.45, 2.75) is 45.3 Å². The zero-order chi connectivity index (χ0) is 13.9. The molecule has 1 heterocycles. The van der Waals surface area contributed by atoms with Gasteiger partial charge in [0.2, 0.25) is 0 Å². The number of carbonyl (C=O) groups excluding carboxylic acids is 2. The second kappa shape index (κ2) is 6.43. The molecule has 1 aliphatic heterocycles. The van der Waals surface area contributed by atoms with Crippen molar-refractivity contribution >= 4 is 24.6 Å². The third-order valence-corrected chi connectivity index (χ3v) is 3.70. The fraction of sp³-hybridized carbons (Fsp3) is 0.833. The third-order valence-electron chi connectivity index (χ3n) is 3.28. The Bertz CT molecular complexity index is 318.